The molecule has 3 fully saturated rings. The first-order valence-electron chi connectivity index (χ1n) is 16.4. The fourth-order valence-corrected chi connectivity index (χ4v) is 9.57. The van der Waals surface area contributed by atoms with Crippen LogP contribution in [-0.2, 0) is 19.5 Å². The zero-order valence-corrected chi connectivity index (χ0v) is 24.8. The van der Waals surface area contributed by atoms with E-state index in [0.29, 0.717) is 19.4 Å². The molecule has 43 heavy (non-hydrogen) atoms. The maximum absolute atomic E-state index is 6.18. The number of hydrogen-bond acceptors (Lipinski definition) is 4. The van der Waals surface area contributed by atoms with E-state index in [1.54, 1.807) is 5.56 Å². The van der Waals surface area contributed by atoms with Crippen molar-refractivity contribution in [3.8, 4) is 11.5 Å². The highest BCUT2D eigenvalue weighted by Crippen LogP contribution is 2.64. The zero-order chi connectivity index (χ0) is 28.3. The first-order valence-corrected chi connectivity index (χ1v) is 16.4. The Balaban J connectivity index is 0.879. The number of para-hydroxylation sites is 2. The van der Waals surface area contributed by atoms with Crippen LogP contribution < -0.4 is 19.3 Å². The van der Waals surface area contributed by atoms with E-state index in [9.17, 15) is 0 Å². The Labute approximate surface area is 255 Å². The SMILES string of the molecule is c1ccc(N2COc3ccc(CC4CC5CC4C4CC(c6ccc7c(c6)CN(c6ccccc6)CO7)CC54)cc3C2)cc1. The van der Waals surface area contributed by atoms with E-state index in [1.165, 1.54) is 60.2 Å². The van der Waals surface area contributed by atoms with E-state index < -0.39 is 0 Å². The number of fused-ring (bicyclic) bond motifs is 7. The van der Waals surface area contributed by atoms with Crippen LogP contribution in [0.25, 0.3) is 0 Å². The molecule has 2 aliphatic heterocycles. The molecule has 4 heteroatoms. The predicted molar refractivity (Wildman–Crippen MR) is 171 cm³/mol. The van der Waals surface area contributed by atoms with Crippen molar-refractivity contribution in [2.75, 3.05) is 23.3 Å². The van der Waals surface area contributed by atoms with Gasteiger partial charge in [0.05, 0.1) is 0 Å². The summed E-state index contributed by atoms with van der Waals surface area (Å²) in [6.07, 6.45) is 6.86. The molecule has 0 saturated heterocycles. The highest BCUT2D eigenvalue weighted by Gasteiger charge is 2.55. The van der Waals surface area contributed by atoms with Crippen LogP contribution in [-0.4, -0.2) is 13.5 Å². The molecule has 6 unspecified atom stereocenters. The smallest absolute Gasteiger partial charge is 0.161 e. The van der Waals surface area contributed by atoms with E-state index in [4.69, 9.17) is 9.47 Å². The van der Waals surface area contributed by atoms with Crippen LogP contribution in [0.4, 0.5) is 11.4 Å². The van der Waals surface area contributed by atoms with Gasteiger partial charge in [-0.25, -0.2) is 0 Å². The monoisotopic (exact) mass is 568 g/mol. The quantitative estimate of drug-likeness (QED) is 0.241. The summed E-state index contributed by atoms with van der Waals surface area (Å²) < 4.78 is 12.3. The van der Waals surface area contributed by atoms with Crippen LogP contribution in [0, 0.1) is 29.6 Å². The van der Waals surface area contributed by atoms with Gasteiger partial charge in [0.15, 0.2) is 13.5 Å². The minimum atomic E-state index is 0.621. The van der Waals surface area contributed by atoms with Gasteiger partial charge >= 0.3 is 0 Å². The van der Waals surface area contributed by atoms with Crippen molar-refractivity contribution < 1.29 is 9.47 Å². The molecular formula is C39H40N2O2. The summed E-state index contributed by atoms with van der Waals surface area (Å²) in [4.78, 5) is 4.67. The first-order chi connectivity index (χ1) is 21.2. The third-order valence-electron chi connectivity index (χ3n) is 11.5. The largest absolute Gasteiger partial charge is 0.473 e. The van der Waals surface area contributed by atoms with E-state index in [2.05, 4.69) is 107 Å². The van der Waals surface area contributed by atoms with Crippen LogP contribution in [0.15, 0.2) is 97.1 Å². The van der Waals surface area contributed by atoms with Crippen molar-refractivity contribution in [2.24, 2.45) is 29.6 Å². The van der Waals surface area contributed by atoms with Crippen molar-refractivity contribution in [1.82, 2.24) is 0 Å². The molecule has 2 bridgehead atoms. The van der Waals surface area contributed by atoms with Crippen molar-refractivity contribution in [3.05, 3.63) is 119 Å². The number of nitrogens with zero attached hydrogens (tertiary/aromatic N) is 2. The van der Waals surface area contributed by atoms with Crippen molar-refractivity contribution in [2.45, 2.75) is 51.1 Å². The minimum absolute atomic E-state index is 0.621. The molecule has 6 atom stereocenters. The van der Waals surface area contributed by atoms with Crippen LogP contribution in [0.2, 0.25) is 0 Å². The molecule has 0 N–H and O–H groups in total. The Kier molecular flexibility index (Phi) is 6.16. The summed E-state index contributed by atoms with van der Waals surface area (Å²) in [5.74, 6) is 7.29. The molecule has 5 aliphatic rings. The van der Waals surface area contributed by atoms with Gasteiger partial charge in [-0.2, -0.15) is 0 Å². The lowest BCUT2D eigenvalue weighted by atomic mass is 9.73. The Morgan fingerprint density at radius 3 is 1.91 bits per heavy atom. The normalized spacial score (nSPS) is 28.6. The van der Waals surface area contributed by atoms with Gasteiger partial charge in [0.1, 0.15) is 11.5 Å². The lowest BCUT2D eigenvalue weighted by molar-refractivity contribution is 0.188. The summed E-state index contributed by atoms with van der Waals surface area (Å²) >= 11 is 0. The van der Waals surface area contributed by atoms with Crippen LogP contribution in [0.3, 0.4) is 0 Å². The average molecular weight is 569 g/mol. The van der Waals surface area contributed by atoms with Crippen LogP contribution in [0.5, 0.6) is 11.5 Å². The number of hydrogen-bond donors (Lipinski definition) is 0. The molecule has 4 aromatic rings. The lowest BCUT2D eigenvalue weighted by Crippen LogP contribution is -2.32. The Bertz CT molecular complexity index is 1620. The van der Waals surface area contributed by atoms with Gasteiger partial charge in [0.25, 0.3) is 0 Å². The van der Waals surface area contributed by atoms with Crippen molar-refractivity contribution >= 4 is 11.4 Å². The molecule has 2 heterocycles. The molecule has 0 aromatic heterocycles. The Morgan fingerprint density at radius 2 is 1.21 bits per heavy atom. The number of ether oxygens (including phenoxy) is 2. The lowest BCUT2D eigenvalue weighted by Gasteiger charge is -2.33. The molecule has 4 aromatic carbocycles. The summed E-state index contributed by atoms with van der Waals surface area (Å²) in [7, 11) is 0. The van der Waals surface area contributed by atoms with Gasteiger partial charge in [-0.3, -0.25) is 0 Å². The second-order valence-corrected chi connectivity index (χ2v) is 13.8. The van der Waals surface area contributed by atoms with E-state index in [1.807, 2.05) is 0 Å². The van der Waals surface area contributed by atoms with Crippen LogP contribution in [0.1, 0.15) is 53.9 Å². The predicted octanol–water partition coefficient (Wildman–Crippen LogP) is 8.41. The molecule has 4 nitrogen and oxygen atoms in total. The molecule has 0 amide bonds. The fourth-order valence-electron chi connectivity index (χ4n) is 9.57. The standard InChI is InChI=1S/C39H40N2O2/c1-3-7-33(8-4-1)40-22-31-16-26(11-13-38(31)42-24-40)15-29-18-30-21-36(29)37-20-28(19-35(30)37)27-12-14-39-32(17-27)23-41(25-43-39)34-9-5-2-6-10-34/h1-14,16-17,28-30,35-37H,15,18-25H2. The molecule has 9 rings (SSSR count). The first kappa shape index (κ1) is 25.6. The number of benzene rings is 4. The molecule has 0 radical (unpaired) electrons. The van der Waals surface area contributed by atoms with Crippen LogP contribution >= 0.6 is 0 Å². The highest BCUT2D eigenvalue weighted by atomic mass is 16.5. The van der Waals surface area contributed by atoms with E-state index >= 15 is 0 Å². The summed E-state index contributed by atoms with van der Waals surface area (Å²) in [6.45, 7) is 3.09. The van der Waals surface area contributed by atoms with Crippen molar-refractivity contribution in [1.29, 1.82) is 0 Å². The number of anilines is 2. The number of rotatable bonds is 5. The van der Waals surface area contributed by atoms with Gasteiger partial charge in [-0.05, 0) is 115 Å². The van der Waals surface area contributed by atoms with Crippen molar-refractivity contribution in [3.63, 3.8) is 0 Å². The van der Waals surface area contributed by atoms with Gasteiger partial charge < -0.3 is 19.3 Å². The fraction of sp³-hybridized carbons (Fsp3) is 0.385. The second kappa shape index (κ2) is 10.4. The van der Waals surface area contributed by atoms with Gasteiger partial charge in [-0.1, -0.05) is 60.7 Å². The van der Waals surface area contributed by atoms with E-state index in [-0.39, 0.29) is 0 Å². The molecule has 218 valence electrons. The van der Waals surface area contributed by atoms with Gasteiger partial charge in [0, 0.05) is 35.6 Å². The third-order valence-corrected chi connectivity index (χ3v) is 11.5. The summed E-state index contributed by atoms with van der Waals surface area (Å²) in [6, 6.07) is 35.4. The van der Waals surface area contributed by atoms with Gasteiger partial charge in [-0.15, -0.1) is 0 Å². The molecule has 3 aliphatic carbocycles. The highest BCUT2D eigenvalue weighted by molar-refractivity contribution is 5.52. The zero-order valence-electron chi connectivity index (χ0n) is 24.8. The van der Waals surface area contributed by atoms with E-state index in [0.717, 1.165) is 54.2 Å². The molecule has 0 spiro atoms. The second-order valence-electron chi connectivity index (χ2n) is 13.8. The summed E-state index contributed by atoms with van der Waals surface area (Å²) in [5, 5.41) is 0. The Hall–Kier alpha value is -3.92. The third kappa shape index (κ3) is 4.58. The maximum Gasteiger partial charge on any atom is 0.161 e. The minimum Gasteiger partial charge on any atom is -0.473 e. The topological polar surface area (TPSA) is 24.9 Å². The summed E-state index contributed by atoms with van der Waals surface area (Å²) in [5.41, 5.74) is 8.17. The molecular weight excluding hydrogens is 528 g/mol. The average Bonchev–Trinajstić information content (AvgIpc) is 3.78. The molecule has 3 saturated carbocycles. The van der Waals surface area contributed by atoms with Gasteiger partial charge in [0.2, 0.25) is 0 Å². The maximum atomic E-state index is 6.18. The Morgan fingerprint density at radius 1 is 0.581 bits per heavy atom.